The maximum Gasteiger partial charge on any atom is 0.325 e. The Labute approximate surface area is 240 Å². The molecule has 2 aromatic carbocycles. The highest BCUT2D eigenvalue weighted by Crippen LogP contribution is 2.29. The molecule has 0 aliphatic carbocycles. The second-order valence-corrected chi connectivity index (χ2v) is 10.5. The minimum atomic E-state index is -0.246. The fourth-order valence-corrected chi connectivity index (χ4v) is 5.29. The summed E-state index contributed by atoms with van der Waals surface area (Å²) in [5.41, 5.74) is 3.14. The van der Waals surface area contributed by atoms with E-state index in [1.165, 1.54) is 0 Å². The number of amides is 2. The lowest BCUT2D eigenvalue weighted by Crippen LogP contribution is -2.54. The van der Waals surface area contributed by atoms with Crippen molar-refractivity contribution < 1.29 is 14.3 Å². The highest BCUT2D eigenvalue weighted by atomic mass is 16.5. The number of carbonyl (C=O) groups excluding carboxylic acids is 2. The van der Waals surface area contributed by atoms with Gasteiger partial charge in [-0.3, -0.25) is 14.3 Å². The summed E-state index contributed by atoms with van der Waals surface area (Å²) in [6.45, 7) is 7.90. The molecular formula is C31H37N7O3. The van der Waals surface area contributed by atoms with E-state index in [4.69, 9.17) is 4.74 Å². The van der Waals surface area contributed by atoms with Gasteiger partial charge in [-0.25, -0.2) is 9.78 Å². The first-order valence-corrected chi connectivity index (χ1v) is 13.9. The number of aromatic nitrogens is 2. The van der Waals surface area contributed by atoms with Crippen LogP contribution in [0.3, 0.4) is 0 Å². The van der Waals surface area contributed by atoms with Crippen LogP contribution in [0, 0.1) is 0 Å². The zero-order chi connectivity index (χ0) is 28.9. The number of pyridine rings is 1. The van der Waals surface area contributed by atoms with Gasteiger partial charge >= 0.3 is 6.03 Å². The van der Waals surface area contributed by atoms with Crippen molar-refractivity contribution in [1.29, 1.82) is 0 Å². The van der Waals surface area contributed by atoms with Gasteiger partial charge in [-0.05, 0) is 68.4 Å². The molecule has 0 spiro atoms. The summed E-state index contributed by atoms with van der Waals surface area (Å²) in [4.78, 5) is 33.8. The summed E-state index contributed by atoms with van der Waals surface area (Å²) in [7, 11) is 3.55. The van der Waals surface area contributed by atoms with Crippen LogP contribution < -0.4 is 25.6 Å². The molecule has 5 rings (SSSR count). The number of hydrogen-bond donors (Lipinski definition) is 3. The molecule has 2 atom stereocenters. The quantitative estimate of drug-likeness (QED) is 0.298. The average Bonchev–Trinajstić information content (AvgIpc) is 3.40. The third-order valence-corrected chi connectivity index (χ3v) is 7.29. The van der Waals surface area contributed by atoms with Gasteiger partial charge in [-0.2, -0.15) is 0 Å². The number of rotatable bonds is 8. The zero-order valence-electron chi connectivity index (χ0n) is 23.9. The first-order valence-electron chi connectivity index (χ1n) is 13.9. The van der Waals surface area contributed by atoms with Crippen LogP contribution in [0.25, 0.3) is 10.9 Å². The van der Waals surface area contributed by atoms with Gasteiger partial charge in [0.25, 0.3) is 5.91 Å². The SMILES string of the molecule is CNC(=O)n1ccc2cc(N(C)c3ccnc(NC(=O)c4ccc(OCCN5CC(C)NC(C)C5)cc4)c3)ccc21. The number of carbonyl (C=O) groups is 2. The molecule has 4 aromatic rings. The van der Waals surface area contributed by atoms with Gasteiger partial charge < -0.3 is 25.6 Å². The van der Waals surface area contributed by atoms with Crippen molar-refractivity contribution in [2.24, 2.45) is 0 Å². The van der Waals surface area contributed by atoms with Crippen molar-refractivity contribution in [1.82, 2.24) is 25.1 Å². The Morgan fingerprint density at radius 3 is 2.49 bits per heavy atom. The molecule has 214 valence electrons. The normalized spacial score (nSPS) is 17.3. The van der Waals surface area contributed by atoms with Crippen molar-refractivity contribution in [2.75, 3.05) is 50.6 Å². The van der Waals surface area contributed by atoms with Gasteiger partial charge in [-0.1, -0.05) is 0 Å². The number of ether oxygens (including phenoxy) is 1. The molecule has 1 fully saturated rings. The largest absolute Gasteiger partial charge is 0.492 e. The van der Waals surface area contributed by atoms with Crippen molar-refractivity contribution in [3.05, 3.63) is 78.6 Å². The maximum atomic E-state index is 12.9. The number of fused-ring (bicyclic) bond motifs is 1. The topological polar surface area (TPSA) is 104 Å². The molecule has 1 aliphatic rings. The van der Waals surface area contributed by atoms with Crippen molar-refractivity contribution in [2.45, 2.75) is 25.9 Å². The maximum absolute atomic E-state index is 12.9. The lowest BCUT2D eigenvalue weighted by atomic mass is 10.1. The lowest BCUT2D eigenvalue weighted by molar-refractivity contribution is 0.102. The molecule has 0 bridgehead atoms. The standard InChI is InChI=1S/C31H37N7O3/c1-21-19-37(20-22(2)34-21)15-16-41-27-8-5-23(6-9-27)30(39)35-29-18-26(11-13-33-29)36(4)25-7-10-28-24(17-25)12-14-38(28)31(40)32-3/h5-14,17-18,21-22,34H,15-16,19-20H2,1-4H3,(H,32,40)(H,33,35,39). The number of nitrogens with one attached hydrogen (secondary N) is 3. The summed E-state index contributed by atoms with van der Waals surface area (Å²) in [5.74, 6) is 0.942. The predicted molar refractivity (Wildman–Crippen MR) is 162 cm³/mol. The molecule has 2 aromatic heterocycles. The van der Waals surface area contributed by atoms with E-state index in [0.717, 1.165) is 47.7 Å². The number of piperazine rings is 1. The summed E-state index contributed by atoms with van der Waals surface area (Å²) in [6, 6.07) is 19.4. The second-order valence-electron chi connectivity index (χ2n) is 10.5. The minimum Gasteiger partial charge on any atom is -0.492 e. The van der Waals surface area contributed by atoms with Gasteiger partial charge in [0.2, 0.25) is 0 Å². The highest BCUT2D eigenvalue weighted by Gasteiger charge is 2.20. The van der Waals surface area contributed by atoms with Crippen LogP contribution in [-0.4, -0.2) is 78.8 Å². The Morgan fingerprint density at radius 2 is 1.76 bits per heavy atom. The van der Waals surface area contributed by atoms with E-state index >= 15 is 0 Å². The van der Waals surface area contributed by atoms with Gasteiger partial charge in [0, 0.05) is 86.6 Å². The summed E-state index contributed by atoms with van der Waals surface area (Å²) >= 11 is 0. The Kier molecular flexibility index (Phi) is 8.51. The van der Waals surface area contributed by atoms with Crippen LogP contribution >= 0.6 is 0 Å². The first-order chi connectivity index (χ1) is 19.8. The molecule has 0 radical (unpaired) electrons. The van der Waals surface area contributed by atoms with Gasteiger partial charge in [0.15, 0.2) is 0 Å². The van der Waals surface area contributed by atoms with Crippen LogP contribution in [0.4, 0.5) is 22.0 Å². The number of benzene rings is 2. The number of anilines is 3. The molecule has 10 heteroatoms. The first kappa shape index (κ1) is 28.1. The minimum absolute atomic E-state index is 0.187. The van der Waals surface area contributed by atoms with Crippen LogP contribution in [0.5, 0.6) is 5.75 Å². The summed E-state index contributed by atoms with van der Waals surface area (Å²) in [5, 5.41) is 10.0. The van der Waals surface area contributed by atoms with Crippen molar-refractivity contribution in [3.8, 4) is 5.75 Å². The fourth-order valence-electron chi connectivity index (χ4n) is 5.29. The van der Waals surface area contributed by atoms with Gasteiger partial charge in [0.05, 0.1) is 5.52 Å². The number of hydrogen-bond acceptors (Lipinski definition) is 7. The smallest absolute Gasteiger partial charge is 0.325 e. The van der Waals surface area contributed by atoms with Crippen LogP contribution in [-0.2, 0) is 0 Å². The van der Waals surface area contributed by atoms with E-state index < -0.39 is 0 Å². The molecule has 1 saturated heterocycles. The Hall–Kier alpha value is -4.41. The van der Waals surface area contributed by atoms with Crippen molar-refractivity contribution >= 4 is 40.0 Å². The van der Waals surface area contributed by atoms with E-state index in [-0.39, 0.29) is 11.9 Å². The zero-order valence-corrected chi connectivity index (χ0v) is 23.9. The third-order valence-electron chi connectivity index (χ3n) is 7.29. The van der Waals surface area contributed by atoms with Crippen LogP contribution in [0.15, 0.2) is 73.1 Å². The predicted octanol–water partition coefficient (Wildman–Crippen LogP) is 4.31. The molecule has 3 heterocycles. The molecule has 0 saturated carbocycles. The van der Waals surface area contributed by atoms with Crippen LogP contribution in [0.2, 0.25) is 0 Å². The second kappa shape index (κ2) is 12.4. The molecule has 1 aliphatic heterocycles. The molecule has 2 unspecified atom stereocenters. The Morgan fingerprint density at radius 1 is 1.02 bits per heavy atom. The van der Waals surface area contributed by atoms with E-state index in [1.54, 1.807) is 36.1 Å². The Balaban J connectivity index is 1.18. The van der Waals surface area contributed by atoms with E-state index in [9.17, 15) is 9.59 Å². The monoisotopic (exact) mass is 555 g/mol. The summed E-state index contributed by atoms with van der Waals surface area (Å²) < 4.78 is 7.50. The lowest BCUT2D eigenvalue weighted by Gasteiger charge is -2.35. The van der Waals surface area contributed by atoms with E-state index in [0.29, 0.717) is 30.1 Å². The summed E-state index contributed by atoms with van der Waals surface area (Å²) in [6.07, 6.45) is 3.42. The Bertz CT molecular complexity index is 1510. The average molecular weight is 556 g/mol. The molecule has 10 nitrogen and oxygen atoms in total. The fraction of sp³-hybridized carbons (Fsp3) is 0.323. The van der Waals surface area contributed by atoms with Crippen molar-refractivity contribution in [3.63, 3.8) is 0 Å². The van der Waals surface area contributed by atoms with E-state index in [2.05, 4.69) is 39.7 Å². The molecular weight excluding hydrogens is 518 g/mol. The highest BCUT2D eigenvalue weighted by molar-refractivity contribution is 6.04. The molecule has 2 amide bonds. The van der Waals surface area contributed by atoms with E-state index in [1.807, 2.05) is 60.5 Å². The third kappa shape index (κ3) is 6.67. The number of nitrogens with zero attached hydrogens (tertiary/aromatic N) is 4. The van der Waals surface area contributed by atoms with Gasteiger partial charge in [0.1, 0.15) is 18.2 Å². The molecule has 3 N–H and O–H groups in total. The van der Waals surface area contributed by atoms with Gasteiger partial charge in [-0.15, -0.1) is 0 Å². The van der Waals surface area contributed by atoms with Crippen LogP contribution in [0.1, 0.15) is 24.2 Å². The molecule has 41 heavy (non-hydrogen) atoms.